The van der Waals surface area contributed by atoms with Gasteiger partial charge < -0.3 is 10.8 Å². The van der Waals surface area contributed by atoms with Gasteiger partial charge in [0.05, 0.1) is 13.2 Å². The summed E-state index contributed by atoms with van der Waals surface area (Å²) in [5, 5.41) is 16.0. The predicted octanol–water partition coefficient (Wildman–Crippen LogP) is -0.524. The molecule has 0 bridgehead atoms. The molecule has 4 aromatic rings. The second-order valence-electron chi connectivity index (χ2n) is 4.87. The molecule has 118 valence electrons. The number of rotatable bonds is 3. The van der Waals surface area contributed by atoms with Gasteiger partial charge in [-0.2, -0.15) is 9.50 Å². The van der Waals surface area contributed by atoms with Gasteiger partial charge in [0.2, 0.25) is 11.8 Å². The topological polar surface area (TPSA) is 129 Å². The van der Waals surface area contributed by atoms with Gasteiger partial charge in [-0.15, -0.1) is 16.4 Å². The zero-order chi connectivity index (χ0) is 16.1. The number of nitrogens with two attached hydrogens (primary N) is 1. The number of aryl methyl sites for hydroxylation is 1. The molecule has 10 nitrogen and oxygen atoms in total. The van der Waals surface area contributed by atoms with E-state index >= 15 is 0 Å². The predicted molar refractivity (Wildman–Crippen MR) is 84.1 cm³/mol. The third-order valence-corrected chi connectivity index (χ3v) is 4.29. The van der Waals surface area contributed by atoms with E-state index in [1.54, 1.807) is 13.2 Å². The summed E-state index contributed by atoms with van der Waals surface area (Å²) in [5.41, 5.74) is 6.96. The molecule has 0 unspecified atom stereocenters. The molecule has 0 saturated carbocycles. The van der Waals surface area contributed by atoms with Crippen LogP contribution in [-0.2, 0) is 13.6 Å². The monoisotopic (exact) mass is 332 g/mol. The highest BCUT2D eigenvalue weighted by atomic mass is 32.1. The van der Waals surface area contributed by atoms with Crippen LogP contribution < -0.4 is 11.4 Å². The molecular weight excluding hydrogens is 320 g/mol. The Balaban J connectivity index is 2.12. The maximum atomic E-state index is 12.3. The van der Waals surface area contributed by atoms with Gasteiger partial charge in [-0.1, -0.05) is 0 Å². The number of nitrogen functional groups attached to an aromatic ring is 1. The van der Waals surface area contributed by atoms with Crippen molar-refractivity contribution in [3.63, 3.8) is 0 Å². The average molecular weight is 332 g/mol. The van der Waals surface area contributed by atoms with Gasteiger partial charge in [0, 0.05) is 18.6 Å². The molecule has 4 heterocycles. The first kappa shape index (κ1) is 13.8. The molecule has 0 spiro atoms. The van der Waals surface area contributed by atoms with Crippen molar-refractivity contribution in [3.05, 3.63) is 22.1 Å². The van der Waals surface area contributed by atoms with E-state index in [-0.39, 0.29) is 24.8 Å². The average Bonchev–Trinajstić information content (AvgIpc) is 3.23. The third kappa shape index (κ3) is 1.87. The highest BCUT2D eigenvalue weighted by Crippen LogP contribution is 2.23. The largest absolute Gasteiger partial charge is 0.395 e. The van der Waals surface area contributed by atoms with Gasteiger partial charge in [-0.3, -0.25) is 9.13 Å². The van der Waals surface area contributed by atoms with Gasteiger partial charge in [0.15, 0.2) is 16.3 Å². The smallest absolute Gasteiger partial charge is 0.330 e. The highest BCUT2D eigenvalue weighted by molar-refractivity contribution is 7.13. The molecule has 0 atom stereocenters. The van der Waals surface area contributed by atoms with Crippen LogP contribution in [0.4, 0.5) is 5.95 Å². The maximum absolute atomic E-state index is 12.3. The van der Waals surface area contributed by atoms with Crippen molar-refractivity contribution in [2.45, 2.75) is 6.54 Å². The molecule has 4 aromatic heterocycles. The summed E-state index contributed by atoms with van der Waals surface area (Å²) in [6, 6.07) is 0. The van der Waals surface area contributed by atoms with Gasteiger partial charge in [-0.05, 0) is 0 Å². The van der Waals surface area contributed by atoms with E-state index in [9.17, 15) is 4.79 Å². The molecule has 0 radical (unpaired) electrons. The van der Waals surface area contributed by atoms with E-state index in [1.165, 1.54) is 25.0 Å². The van der Waals surface area contributed by atoms with Crippen LogP contribution in [0, 0.1) is 0 Å². The highest BCUT2D eigenvalue weighted by Gasteiger charge is 2.20. The summed E-state index contributed by atoms with van der Waals surface area (Å²) in [5.74, 6) is 0.531. The third-order valence-electron chi connectivity index (χ3n) is 3.52. The Bertz CT molecular complexity index is 1070. The van der Waals surface area contributed by atoms with Gasteiger partial charge in [0.25, 0.3) is 0 Å². The summed E-state index contributed by atoms with van der Waals surface area (Å²) in [4.78, 5) is 25.2. The second-order valence-corrected chi connectivity index (χ2v) is 5.76. The molecule has 11 heteroatoms. The lowest BCUT2D eigenvalue weighted by molar-refractivity contribution is 0.275. The molecule has 0 saturated heterocycles. The minimum atomic E-state index is -0.298. The number of fused-ring (bicyclic) bond motifs is 3. The van der Waals surface area contributed by atoms with Crippen molar-refractivity contribution in [1.82, 2.24) is 33.7 Å². The van der Waals surface area contributed by atoms with Crippen LogP contribution in [0.25, 0.3) is 27.6 Å². The Hall–Kier alpha value is -2.79. The summed E-state index contributed by atoms with van der Waals surface area (Å²) in [6.45, 7) is -0.0465. The van der Waals surface area contributed by atoms with Gasteiger partial charge in [0.1, 0.15) is 5.52 Å². The fourth-order valence-corrected chi connectivity index (χ4v) is 3.08. The van der Waals surface area contributed by atoms with Crippen molar-refractivity contribution in [2.24, 2.45) is 7.05 Å². The van der Waals surface area contributed by atoms with Crippen molar-refractivity contribution in [2.75, 3.05) is 12.3 Å². The Morgan fingerprint density at radius 3 is 2.87 bits per heavy atom. The van der Waals surface area contributed by atoms with Crippen molar-refractivity contribution in [1.29, 1.82) is 0 Å². The molecule has 4 rings (SSSR count). The van der Waals surface area contributed by atoms with E-state index < -0.39 is 0 Å². The Morgan fingerprint density at radius 1 is 1.35 bits per heavy atom. The van der Waals surface area contributed by atoms with Crippen LogP contribution in [0.5, 0.6) is 0 Å². The molecule has 0 fully saturated rings. The van der Waals surface area contributed by atoms with Crippen molar-refractivity contribution in [3.8, 4) is 10.8 Å². The fraction of sp³-hybridized carbons (Fsp3) is 0.250. The molecule has 0 aliphatic carbocycles. The second kappa shape index (κ2) is 4.86. The van der Waals surface area contributed by atoms with Crippen LogP contribution in [0.3, 0.4) is 0 Å². The number of nitrogens with zero attached hydrogens (tertiary/aromatic N) is 7. The number of aliphatic hydroxyl groups excluding tert-OH is 1. The number of thiazole rings is 1. The molecule has 23 heavy (non-hydrogen) atoms. The standard InChI is InChI=1S/C12H12N8O2S/c1-18-6-8(19(3-4-21)12(18)22)16-11(13)20-9(6)15-7(17-20)10-14-2-5-23-10/h2,5,21H,3-4H2,1H3,(H2,13,16). The molecule has 0 aromatic carbocycles. The van der Waals surface area contributed by atoms with Crippen LogP contribution in [0.1, 0.15) is 0 Å². The Morgan fingerprint density at radius 2 is 2.17 bits per heavy atom. The summed E-state index contributed by atoms with van der Waals surface area (Å²) < 4.78 is 4.18. The molecular formula is C12H12N8O2S. The van der Waals surface area contributed by atoms with Crippen LogP contribution in [-0.4, -0.2) is 45.4 Å². The molecule has 0 aliphatic rings. The molecule has 3 N–H and O–H groups in total. The van der Waals surface area contributed by atoms with E-state index in [0.29, 0.717) is 27.6 Å². The van der Waals surface area contributed by atoms with E-state index in [2.05, 4.69) is 20.1 Å². The number of imidazole rings is 1. The van der Waals surface area contributed by atoms with Gasteiger partial charge in [-0.25, -0.2) is 14.8 Å². The minimum Gasteiger partial charge on any atom is -0.395 e. The zero-order valence-corrected chi connectivity index (χ0v) is 12.9. The number of hydrogen-bond donors (Lipinski definition) is 2. The normalized spacial score (nSPS) is 11.7. The Kier molecular flexibility index (Phi) is 2.92. The minimum absolute atomic E-state index is 0.111. The fourth-order valence-electron chi connectivity index (χ4n) is 2.52. The first-order chi connectivity index (χ1) is 11.1. The van der Waals surface area contributed by atoms with Crippen molar-refractivity contribution >= 4 is 34.1 Å². The number of aliphatic hydroxyl groups is 1. The summed E-state index contributed by atoms with van der Waals surface area (Å²) in [6.07, 6.45) is 1.66. The van der Waals surface area contributed by atoms with Crippen LogP contribution in [0.2, 0.25) is 0 Å². The Labute approximate surface area is 132 Å². The van der Waals surface area contributed by atoms with Crippen molar-refractivity contribution < 1.29 is 5.11 Å². The number of aromatic nitrogens is 7. The quantitative estimate of drug-likeness (QED) is 0.516. The lowest BCUT2D eigenvalue weighted by Crippen LogP contribution is -2.23. The SMILES string of the molecule is Cn1c(=O)n(CCO)c2nc(N)n3nc(-c4nccs4)nc3c21. The molecule has 0 amide bonds. The lowest BCUT2D eigenvalue weighted by atomic mass is 10.5. The first-order valence-electron chi connectivity index (χ1n) is 6.74. The van der Waals surface area contributed by atoms with Gasteiger partial charge >= 0.3 is 5.69 Å². The molecule has 0 aliphatic heterocycles. The van der Waals surface area contributed by atoms with E-state index in [0.717, 1.165) is 0 Å². The zero-order valence-electron chi connectivity index (χ0n) is 12.0. The lowest BCUT2D eigenvalue weighted by Gasteiger charge is -2.01. The summed E-state index contributed by atoms with van der Waals surface area (Å²) >= 11 is 1.41. The number of anilines is 1. The maximum Gasteiger partial charge on any atom is 0.330 e. The van der Waals surface area contributed by atoms with E-state index in [1.807, 2.05) is 5.38 Å². The van der Waals surface area contributed by atoms with E-state index in [4.69, 9.17) is 10.8 Å². The van der Waals surface area contributed by atoms with Crippen LogP contribution >= 0.6 is 11.3 Å². The summed E-state index contributed by atoms with van der Waals surface area (Å²) in [7, 11) is 1.62. The van der Waals surface area contributed by atoms with Crippen LogP contribution in [0.15, 0.2) is 16.4 Å². The first-order valence-corrected chi connectivity index (χ1v) is 7.62. The number of hydrogen-bond acceptors (Lipinski definition) is 8.